The fourth-order valence-electron chi connectivity index (χ4n) is 3.27. The van der Waals surface area contributed by atoms with Crippen LogP contribution in [0.1, 0.15) is 25.3 Å². The predicted octanol–water partition coefficient (Wildman–Crippen LogP) is 3.45. The third kappa shape index (κ3) is 4.92. The van der Waals surface area contributed by atoms with Crippen LogP contribution >= 0.6 is 12.2 Å². The predicted molar refractivity (Wildman–Crippen MR) is 112 cm³/mol. The summed E-state index contributed by atoms with van der Waals surface area (Å²) in [7, 11) is -4.27. The van der Waals surface area contributed by atoms with E-state index < -0.39 is 10.1 Å². The van der Waals surface area contributed by atoms with Gasteiger partial charge in [-0.1, -0.05) is 29.8 Å². The Morgan fingerprint density at radius 3 is 2.45 bits per heavy atom. The van der Waals surface area contributed by atoms with Crippen LogP contribution in [0.3, 0.4) is 0 Å². The standard InChI is InChI=1S/C13H17N2O2S.C7H8O3S/c1-2-15(10-14-9-5-8-13(14)16)11-6-3-4-7-12(11)17-18-15;1-6-2-4-7(5-3-6)11(8,9)10/h3-4,6-7H,2,5,8-10H2,1H3;2-5H,1H3,(H,8,9,10)/q+1;/p-1. The van der Waals surface area contributed by atoms with Crippen molar-refractivity contribution in [3.05, 3.63) is 54.1 Å². The quantitative estimate of drug-likeness (QED) is 0.316. The summed E-state index contributed by atoms with van der Waals surface area (Å²) in [6, 6.07) is 13.9. The number of fused-ring (bicyclic) bond motifs is 1. The van der Waals surface area contributed by atoms with Crippen LogP contribution in [0.15, 0.2) is 53.4 Å². The van der Waals surface area contributed by atoms with E-state index in [1.54, 1.807) is 12.1 Å². The Morgan fingerprint density at radius 1 is 1.17 bits per heavy atom. The molecule has 7 nitrogen and oxygen atoms in total. The van der Waals surface area contributed by atoms with Crippen molar-refractivity contribution in [2.24, 2.45) is 0 Å². The summed E-state index contributed by atoms with van der Waals surface area (Å²) < 4.78 is 37.5. The molecule has 0 saturated carbocycles. The molecular weight excluding hydrogens is 412 g/mol. The number of likely N-dealkylation sites (tertiary alicyclic amines) is 1. The highest BCUT2D eigenvalue weighted by Crippen LogP contribution is 2.47. The van der Waals surface area contributed by atoms with Crippen molar-refractivity contribution in [2.45, 2.75) is 31.6 Å². The average Bonchev–Trinajstić information content (AvgIpc) is 3.27. The second-order valence-corrected chi connectivity index (χ2v) is 9.39. The van der Waals surface area contributed by atoms with E-state index in [1.165, 1.54) is 30.0 Å². The van der Waals surface area contributed by atoms with Crippen LogP contribution in [-0.4, -0.2) is 43.5 Å². The Balaban J connectivity index is 0.000000188. The van der Waals surface area contributed by atoms with Crippen LogP contribution in [0.4, 0.5) is 5.69 Å². The molecule has 29 heavy (non-hydrogen) atoms. The zero-order valence-corrected chi connectivity index (χ0v) is 18.0. The summed E-state index contributed by atoms with van der Waals surface area (Å²) in [4.78, 5) is 13.6. The summed E-state index contributed by atoms with van der Waals surface area (Å²) in [5.41, 5.74) is 2.10. The molecule has 2 aliphatic rings. The molecule has 0 radical (unpaired) electrons. The van der Waals surface area contributed by atoms with E-state index in [1.807, 2.05) is 30.0 Å². The monoisotopic (exact) mass is 436 g/mol. The number of hydrogen-bond donors (Lipinski definition) is 0. The van der Waals surface area contributed by atoms with Crippen LogP contribution in [0, 0.1) is 6.92 Å². The Hall–Kier alpha value is -2.07. The van der Waals surface area contributed by atoms with Gasteiger partial charge in [-0.05, 0) is 38.5 Å². The third-order valence-corrected chi connectivity index (χ3v) is 6.92. The lowest BCUT2D eigenvalue weighted by molar-refractivity contribution is -0.128. The number of carbonyl (C=O) groups excluding carboxylic acids is 1. The molecule has 0 aromatic heterocycles. The molecule has 156 valence electrons. The van der Waals surface area contributed by atoms with E-state index in [9.17, 15) is 17.8 Å². The number of rotatable bonds is 4. The fourth-order valence-corrected chi connectivity index (χ4v) is 4.63. The highest BCUT2D eigenvalue weighted by molar-refractivity contribution is 7.94. The zero-order valence-electron chi connectivity index (χ0n) is 16.4. The molecule has 2 aromatic rings. The zero-order chi connectivity index (χ0) is 21.1. The van der Waals surface area contributed by atoms with E-state index in [4.69, 9.17) is 4.18 Å². The van der Waals surface area contributed by atoms with Gasteiger partial charge in [0.05, 0.1) is 11.4 Å². The van der Waals surface area contributed by atoms with Crippen molar-refractivity contribution in [2.75, 3.05) is 19.8 Å². The number of benzene rings is 2. The maximum absolute atomic E-state index is 11.8. The number of hydrogen-bond acceptors (Lipinski definition) is 6. The van der Waals surface area contributed by atoms with E-state index in [0.29, 0.717) is 17.0 Å². The van der Waals surface area contributed by atoms with Gasteiger partial charge in [0.25, 0.3) is 0 Å². The minimum absolute atomic E-state index is 0.178. The molecule has 1 unspecified atom stereocenters. The van der Waals surface area contributed by atoms with Gasteiger partial charge < -0.3 is 8.74 Å². The van der Waals surface area contributed by atoms with Crippen molar-refractivity contribution < 1.29 is 21.9 Å². The largest absolute Gasteiger partial charge is 0.744 e. The molecule has 0 aliphatic carbocycles. The van der Waals surface area contributed by atoms with Gasteiger partial charge in [-0.25, -0.2) is 8.42 Å². The van der Waals surface area contributed by atoms with Crippen molar-refractivity contribution >= 4 is 33.9 Å². The fraction of sp³-hybridized carbons (Fsp3) is 0.350. The van der Waals surface area contributed by atoms with Gasteiger partial charge in [0.1, 0.15) is 10.1 Å². The van der Waals surface area contributed by atoms with E-state index in [0.717, 1.165) is 30.8 Å². The molecule has 2 aliphatic heterocycles. The number of aryl methyl sites for hydroxylation is 1. The molecule has 2 heterocycles. The lowest BCUT2D eigenvalue weighted by Gasteiger charge is -2.30. The van der Waals surface area contributed by atoms with E-state index >= 15 is 0 Å². The third-order valence-electron chi connectivity index (χ3n) is 4.97. The lowest BCUT2D eigenvalue weighted by atomic mass is 10.2. The number of para-hydroxylation sites is 2. The van der Waals surface area contributed by atoms with Gasteiger partial charge >= 0.3 is 12.2 Å². The van der Waals surface area contributed by atoms with Crippen molar-refractivity contribution in [3.8, 4) is 5.75 Å². The minimum Gasteiger partial charge on any atom is -0.744 e. The first-order valence-corrected chi connectivity index (χ1v) is 11.5. The molecule has 0 bridgehead atoms. The van der Waals surface area contributed by atoms with Crippen molar-refractivity contribution in [1.29, 1.82) is 0 Å². The van der Waals surface area contributed by atoms with Gasteiger partial charge in [-0.15, -0.1) is 0 Å². The highest BCUT2D eigenvalue weighted by atomic mass is 32.2. The van der Waals surface area contributed by atoms with Crippen LogP contribution in [-0.2, 0) is 14.9 Å². The Kier molecular flexibility index (Phi) is 6.52. The first-order valence-electron chi connectivity index (χ1n) is 9.38. The number of quaternary nitrogens is 1. The van der Waals surface area contributed by atoms with Gasteiger partial charge in [0.15, 0.2) is 12.4 Å². The lowest BCUT2D eigenvalue weighted by Crippen LogP contribution is -2.49. The number of amides is 1. The number of carbonyl (C=O) groups is 1. The van der Waals surface area contributed by atoms with E-state index in [-0.39, 0.29) is 10.8 Å². The molecule has 1 amide bonds. The molecule has 0 N–H and O–H groups in total. The maximum atomic E-state index is 11.8. The van der Waals surface area contributed by atoms with Gasteiger partial charge in [-0.2, -0.15) is 3.89 Å². The summed E-state index contributed by atoms with van der Waals surface area (Å²) in [5, 5.41) is 0. The minimum atomic E-state index is -4.27. The van der Waals surface area contributed by atoms with Crippen LogP contribution < -0.4 is 8.07 Å². The smallest absolute Gasteiger partial charge is 0.321 e. The maximum Gasteiger partial charge on any atom is 0.321 e. The molecule has 1 saturated heterocycles. The first kappa shape index (κ1) is 21.6. The summed E-state index contributed by atoms with van der Waals surface area (Å²) in [5.74, 6) is 1.20. The summed E-state index contributed by atoms with van der Waals surface area (Å²) in [6.45, 7) is 6.45. The second-order valence-electron chi connectivity index (χ2n) is 7.00. The molecule has 1 fully saturated rings. The molecular formula is C20H24N2O5S2. The van der Waals surface area contributed by atoms with Crippen molar-refractivity contribution in [3.63, 3.8) is 0 Å². The summed E-state index contributed by atoms with van der Waals surface area (Å²) in [6.07, 6.45) is 1.67. The summed E-state index contributed by atoms with van der Waals surface area (Å²) >= 11 is 1.45. The van der Waals surface area contributed by atoms with Gasteiger partial charge in [-0.3, -0.25) is 9.69 Å². The normalized spacial score (nSPS) is 20.7. The molecule has 0 spiro atoms. The van der Waals surface area contributed by atoms with Gasteiger partial charge in [0, 0.05) is 19.0 Å². The van der Waals surface area contributed by atoms with Crippen LogP contribution in [0.5, 0.6) is 5.75 Å². The average molecular weight is 437 g/mol. The Morgan fingerprint density at radius 2 is 1.86 bits per heavy atom. The first-order chi connectivity index (χ1) is 13.7. The van der Waals surface area contributed by atoms with Crippen LogP contribution in [0.2, 0.25) is 0 Å². The SMILES string of the molecule is CC[N+]1(CN2CCCC2=O)SOc2ccccc21.Cc1ccc(S(=O)(=O)[O-])cc1. The Bertz CT molecular complexity index is 979. The molecule has 9 heteroatoms. The highest BCUT2D eigenvalue weighted by Gasteiger charge is 2.44. The number of nitrogens with zero attached hydrogens (tertiary/aromatic N) is 2. The molecule has 1 atom stereocenters. The second kappa shape index (κ2) is 8.74. The van der Waals surface area contributed by atoms with E-state index in [2.05, 4.69) is 13.0 Å². The van der Waals surface area contributed by atoms with Crippen LogP contribution in [0.25, 0.3) is 0 Å². The van der Waals surface area contributed by atoms with Crippen molar-refractivity contribution in [1.82, 2.24) is 8.79 Å². The topological polar surface area (TPSA) is 86.7 Å². The molecule has 2 aromatic carbocycles. The van der Waals surface area contributed by atoms with Gasteiger partial charge in [0.2, 0.25) is 11.7 Å². The molecule has 4 rings (SSSR count). The Labute approximate surface area is 176 Å².